The summed E-state index contributed by atoms with van der Waals surface area (Å²) in [5, 5.41) is 3.53. The van der Waals surface area contributed by atoms with Crippen molar-refractivity contribution in [1.82, 2.24) is 10.3 Å². The molecule has 1 saturated heterocycles. The van der Waals surface area contributed by atoms with E-state index >= 15 is 0 Å². The molecule has 19 heavy (non-hydrogen) atoms. The van der Waals surface area contributed by atoms with Crippen LogP contribution >= 0.6 is 0 Å². The Hall–Kier alpha value is -1.29. The zero-order valence-corrected chi connectivity index (χ0v) is 12.1. The van der Waals surface area contributed by atoms with Gasteiger partial charge in [-0.3, -0.25) is 0 Å². The molecule has 4 nitrogen and oxygen atoms in total. The number of aromatic nitrogens is 1. The quantitative estimate of drug-likeness (QED) is 0.799. The van der Waals surface area contributed by atoms with E-state index < -0.39 is 0 Å². The first-order chi connectivity index (χ1) is 9.33. The number of methoxy groups -OCH3 is 1. The van der Waals surface area contributed by atoms with E-state index in [2.05, 4.69) is 28.2 Å². The molecule has 0 aromatic carbocycles. The summed E-state index contributed by atoms with van der Waals surface area (Å²) in [5.74, 6) is 1.52. The Morgan fingerprint density at radius 1 is 1.42 bits per heavy atom. The zero-order chi connectivity index (χ0) is 13.5. The minimum atomic E-state index is 0.698. The van der Waals surface area contributed by atoms with Crippen molar-refractivity contribution >= 4 is 5.69 Å². The number of nitrogens with zero attached hydrogens (tertiary/aromatic N) is 2. The van der Waals surface area contributed by atoms with Crippen LogP contribution < -0.4 is 15.0 Å². The fraction of sp³-hybridized carbons (Fsp3) is 0.667. The van der Waals surface area contributed by atoms with Crippen LogP contribution in [0.4, 0.5) is 5.69 Å². The third-order valence-corrected chi connectivity index (χ3v) is 3.77. The fourth-order valence-corrected chi connectivity index (χ4v) is 2.59. The van der Waals surface area contributed by atoms with E-state index in [1.54, 1.807) is 7.11 Å². The normalized spacial score (nSPS) is 16.6. The van der Waals surface area contributed by atoms with Crippen LogP contribution in [0.15, 0.2) is 18.3 Å². The van der Waals surface area contributed by atoms with Gasteiger partial charge in [-0.1, -0.05) is 6.92 Å². The molecule has 0 unspecified atom stereocenters. The lowest BCUT2D eigenvalue weighted by Crippen LogP contribution is -2.37. The molecule has 1 aliphatic heterocycles. The van der Waals surface area contributed by atoms with E-state index in [9.17, 15) is 0 Å². The number of pyridine rings is 1. The van der Waals surface area contributed by atoms with Crippen LogP contribution in [0.2, 0.25) is 0 Å². The number of piperidine rings is 1. The van der Waals surface area contributed by atoms with Crippen molar-refractivity contribution in [2.45, 2.75) is 26.2 Å². The number of hydrogen-bond acceptors (Lipinski definition) is 4. The smallest absolute Gasteiger partial charge is 0.214 e. The predicted molar refractivity (Wildman–Crippen MR) is 78.9 cm³/mol. The van der Waals surface area contributed by atoms with Gasteiger partial charge in [0.05, 0.1) is 7.11 Å². The minimum Gasteiger partial charge on any atom is -0.481 e. The summed E-state index contributed by atoms with van der Waals surface area (Å²) < 4.78 is 5.18. The molecule has 0 spiro atoms. The Kier molecular flexibility index (Phi) is 5.45. The first kappa shape index (κ1) is 14.1. The summed E-state index contributed by atoms with van der Waals surface area (Å²) >= 11 is 0. The van der Waals surface area contributed by atoms with Crippen molar-refractivity contribution in [3.05, 3.63) is 18.3 Å². The first-order valence-electron chi connectivity index (χ1n) is 7.29. The molecule has 1 aliphatic rings. The van der Waals surface area contributed by atoms with Gasteiger partial charge in [-0.15, -0.1) is 0 Å². The van der Waals surface area contributed by atoms with E-state index in [0.717, 1.165) is 25.6 Å². The van der Waals surface area contributed by atoms with Crippen molar-refractivity contribution in [3.8, 4) is 5.88 Å². The highest BCUT2D eigenvalue weighted by Gasteiger charge is 2.19. The van der Waals surface area contributed by atoms with Gasteiger partial charge < -0.3 is 15.0 Å². The van der Waals surface area contributed by atoms with Gasteiger partial charge in [0.1, 0.15) is 0 Å². The first-order valence-corrected chi connectivity index (χ1v) is 7.29. The Balaban J connectivity index is 1.82. The Bertz CT molecular complexity index is 375. The van der Waals surface area contributed by atoms with Gasteiger partial charge >= 0.3 is 0 Å². The second kappa shape index (κ2) is 7.34. The molecule has 0 bridgehead atoms. The van der Waals surface area contributed by atoms with Gasteiger partial charge in [0.25, 0.3) is 0 Å². The van der Waals surface area contributed by atoms with Crippen LogP contribution in [0.3, 0.4) is 0 Å². The van der Waals surface area contributed by atoms with E-state index in [1.807, 2.05) is 12.3 Å². The Morgan fingerprint density at radius 2 is 2.21 bits per heavy atom. The molecule has 1 fully saturated rings. The summed E-state index contributed by atoms with van der Waals surface area (Å²) in [6.45, 7) is 6.78. The van der Waals surface area contributed by atoms with Gasteiger partial charge in [-0.2, -0.15) is 0 Å². The lowest BCUT2D eigenvalue weighted by atomic mass is 9.96. The highest BCUT2D eigenvalue weighted by molar-refractivity contribution is 5.48. The van der Waals surface area contributed by atoms with Gasteiger partial charge in [-0.25, -0.2) is 4.98 Å². The van der Waals surface area contributed by atoms with Gasteiger partial charge in [-0.05, 0) is 44.3 Å². The second-order valence-corrected chi connectivity index (χ2v) is 5.19. The van der Waals surface area contributed by atoms with Crippen LogP contribution in [0.1, 0.15) is 26.2 Å². The van der Waals surface area contributed by atoms with Crippen molar-refractivity contribution in [2.24, 2.45) is 5.92 Å². The predicted octanol–water partition coefficient (Wildman–Crippen LogP) is 2.31. The maximum Gasteiger partial charge on any atom is 0.214 e. The molecule has 1 N–H and O–H groups in total. The molecule has 0 radical (unpaired) electrons. The van der Waals surface area contributed by atoms with E-state index in [4.69, 9.17) is 4.74 Å². The maximum absolute atomic E-state index is 5.18. The summed E-state index contributed by atoms with van der Waals surface area (Å²) in [4.78, 5) is 6.59. The lowest BCUT2D eigenvalue weighted by molar-refractivity contribution is 0.381. The summed E-state index contributed by atoms with van der Waals surface area (Å²) in [7, 11) is 1.66. The average Bonchev–Trinajstić information content (AvgIpc) is 2.48. The van der Waals surface area contributed by atoms with Crippen molar-refractivity contribution in [1.29, 1.82) is 0 Å². The van der Waals surface area contributed by atoms with Crippen LogP contribution in [0.5, 0.6) is 5.88 Å². The molecule has 0 atom stereocenters. The number of rotatable bonds is 6. The molecule has 2 heterocycles. The van der Waals surface area contributed by atoms with E-state index in [0.29, 0.717) is 5.88 Å². The molecule has 106 valence electrons. The summed E-state index contributed by atoms with van der Waals surface area (Å²) in [6, 6.07) is 4.09. The minimum absolute atomic E-state index is 0.698. The molecule has 0 amide bonds. The summed E-state index contributed by atoms with van der Waals surface area (Å²) in [5.41, 5.74) is 1.23. The number of anilines is 1. The Labute approximate surface area is 116 Å². The number of ether oxygens (including phenoxy) is 1. The molecule has 0 aliphatic carbocycles. The summed E-state index contributed by atoms with van der Waals surface area (Å²) in [6.07, 6.45) is 5.57. The van der Waals surface area contributed by atoms with E-state index in [-0.39, 0.29) is 0 Å². The monoisotopic (exact) mass is 263 g/mol. The van der Waals surface area contributed by atoms with Crippen LogP contribution in [-0.2, 0) is 0 Å². The third kappa shape index (κ3) is 4.10. The molecule has 0 saturated carbocycles. The molecule has 1 aromatic heterocycles. The number of hydrogen-bond donors (Lipinski definition) is 1. The van der Waals surface area contributed by atoms with Crippen molar-refractivity contribution < 1.29 is 4.74 Å². The Morgan fingerprint density at radius 3 is 2.89 bits per heavy atom. The van der Waals surface area contributed by atoms with Gasteiger partial charge in [0.2, 0.25) is 5.88 Å². The van der Waals surface area contributed by atoms with Crippen LogP contribution in [-0.4, -0.2) is 38.3 Å². The molecule has 2 rings (SSSR count). The lowest BCUT2D eigenvalue weighted by Gasteiger charge is -2.33. The zero-order valence-electron chi connectivity index (χ0n) is 12.1. The largest absolute Gasteiger partial charge is 0.481 e. The number of nitrogens with one attached hydrogen (secondary N) is 1. The molecule has 1 aromatic rings. The highest BCUT2D eigenvalue weighted by Crippen LogP contribution is 2.24. The highest BCUT2D eigenvalue weighted by atomic mass is 16.5. The van der Waals surface area contributed by atoms with Gasteiger partial charge in [0.15, 0.2) is 0 Å². The van der Waals surface area contributed by atoms with Gasteiger partial charge in [0, 0.05) is 31.0 Å². The van der Waals surface area contributed by atoms with Crippen molar-refractivity contribution in [3.63, 3.8) is 0 Å². The van der Waals surface area contributed by atoms with Crippen LogP contribution in [0.25, 0.3) is 0 Å². The van der Waals surface area contributed by atoms with E-state index in [1.165, 1.54) is 31.5 Å². The fourth-order valence-electron chi connectivity index (χ4n) is 2.59. The van der Waals surface area contributed by atoms with Crippen LogP contribution in [0, 0.1) is 5.92 Å². The van der Waals surface area contributed by atoms with Crippen molar-refractivity contribution in [2.75, 3.05) is 38.2 Å². The third-order valence-electron chi connectivity index (χ3n) is 3.77. The average molecular weight is 263 g/mol. The maximum atomic E-state index is 5.18. The molecule has 4 heteroatoms. The topological polar surface area (TPSA) is 37.4 Å². The SMILES string of the molecule is CCCNCC1CCN(c2ccnc(OC)c2)CC1. The standard InChI is InChI=1S/C15H25N3O/c1-3-7-16-12-13-5-9-18(10-6-13)14-4-8-17-15(11-14)19-2/h4,8,11,13,16H,3,5-7,9-10,12H2,1-2H3. The second-order valence-electron chi connectivity index (χ2n) is 5.19. The molecular weight excluding hydrogens is 238 g/mol. The molecular formula is C15H25N3O.